The molecule has 4 fully saturated rings. The third-order valence-electron chi connectivity index (χ3n) is 6.90. The number of nitrogens with one attached hydrogen (secondary N) is 2. The van der Waals surface area contributed by atoms with Gasteiger partial charge in [-0.2, -0.15) is 0 Å². The van der Waals surface area contributed by atoms with Crippen LogP contribution in [0.3, 0.4) is 0 Å². The number of ether oxygens (including phenoxy) is 1. The van der Waals surface area contributed by atoms with Crippen LogP contribution in [0.2, 0.25) is 0 Å². The first-order valence-corrected chi connectivity index (χ1v) is 10.7. The predicted octanol–water partition coefficient (Wildman–Crippen LogP) is 3.66. The summed E-state index contributed by atoms with van der Waals surface area (Å²) < 4.78 is 5.69. The van der Waals surface area contributed by atoms with Gasteiger partial charge in [0.15, 0.2) is 0 Å². The summed E-state index contributed by atoms with van der Waals surface area (Å²) in [5, 5.41) is 6.02. The highest BCUT2D eigenvalue weighted by atomic mass is 16.5. The predicted molar refractivity (Wildman–Crippen MR) is 108 cm³/mol. The van der Waals surface area contributed by atoms with E-state index in [-0.39, 0.29) is 11.6 Å². The van der Waals surface area contributed by atoms with Gasteiger partial charge in [-0.3, -0.25) is 9.59 Å². The van der Waals surface area contributed by atoms with Crippen LogP contribution < -0.4 is 15.4 Å². The van der Waals surface area contributed by atoms with Gasteiger partial charge in [-0.05, 0) is 83.1 Å². The van der Waals surface area contributed by atoms with Crippen molar-refractivity contribution in [1.29, 1.82) is 0 Å². The van der Waals surface area contributed by atoms with E-state index in [9.17, 15) is 9.59 Å². The molecular formula is C23H32N2O3. The summed E-state index contributed by atoms with van der Waals surface area (Å²) in [7, 11) is 0. The fourth-order valence-corrected chi connectivity index (χ4v) is 6.19. The summed E-state index contributed by atoms with van der Waals surface area (Å²) in [6, 6.07) is 5.62. The van der Waals surface area contributed by atoms with Crippen molar-refractivity contribution in [1.82, 2.24) is 10.6 Å². The van der Waals surface area contributed by atoms with Crippen LogP contribution in [0.1, 0.15) is 69.5 Å². The van der Waals surface area contributed by atoms with Crippen LogP contribution in [0.25, 0.3) is 0 Å². The Morgan fingerprint density at radius 3 is 2.29 bits per heavy atom. The molecule has 5 rings (SSSR count). The first-order valence-electron chi connectivity index (χ1n) is 10.7. The molecule has 0 aliphatic heterocycles. The van der Waals surface area contributed by atoms with Gasteiger partial charge in [0.1, 0.15) is 5.75 Å². The first-order chi connectivity index (χ1) is 13.4. The van der Waals surface area contributed by atoms with Gasteiger partial charge in [0.25, 0.3) is 0 Å². The maximum absolute atomic E-state index is 12.7. The van der Waals surface area contributed by atoms with Crippen molar-refractivity contribution in [2.24, 2.45) is 17.8 Å². The van der Waals surface area contributed by atoms with Crippen LogP contribution in [0.4, 0.5) is 0 Å². The lowest BCUT2D eigenvalue weighted by Gasteiger charge is -2.56. The molecule has 1 atom stereocenters. The maximum atomic E-state index is 12.7. The Balaban J connectivity index is 1.41. The summed E-state index contributed by atoms with van der Waals surface area (Å²) in [6.07, 6.45) is 7.06. The Morgan fingerprint density at radius 1 is 1.11 bits per heavy atom. The lowest BCUT2D eigenvalue weighted by molar-refractivity contribution is -0.143. The van der Waals surface area contributed by atoms with Crippen LogP contribution in [-0.4, -0.2) is 24.0 Å². The monoisotopic (exact) mass is 384 g/mol. The molecule has 0 spiro atoms. The summed E-state index contributed by atoms with van der Waals surface area (Å²) in [5.41, 5.74) is 1.85. The molecular weight excluding hydrogens is 352 g/mol. The minimum absolute atomic E-state index is 0.147. The molecule has 0 aromatic heterocycles. The van der Waals surface area contributed by atoms with Crippen LogP contribution in [0.5, 0.6) is 5.75 Å². The average Bonchev–Trinajstić information content (AvgIpc) is 2.61. The minimum atomic E-state index is -0.549. The number of amides is 2. The third kappa shape index (κ3) is 3.76. The van der Waals surface area contributed by atoms with E-state index in [1.807, 2.05) is 39.0 Å². The van der Waals surface area contributed by atoms with Crippen LogP contribution in [0, 0.1) is 24.7 Å². The number of hydrogen-bond donors (Lipinski definition) is 2. The Labute approximate surface area is 167 Å². The zero-order chi connectivity index (χ0) is 19.9. The van der Waals surface area contributed by atoms with Gasteiger partial charge in [-0.1, -0.05) is 17.7 Å². The highest BCUT2D eigenvalue weighted by Crippen LogP contribution is 2.55. The second-order valence-corrected chi connectivity index (χ2v) is 9.32. The van der Waals surface area contributed by atoms with Crippen molar-refractivity contribution in [2.75, 3.05) is 6.61 Å². The lowest BCUT2D eigenvalue weighted by Crippen LogP contribution is -2.61. The highest BCUT2D eigenvalue weighted by molar-refractivity contribution is 6.35. The van der Waals surface area contributed by atoms with Gasteiger partial charge in [0.2, 0.25) is 0 Å². The van der Waals surface area contributed by atoms with Gasteiger partial charge < -0.3 is 15.4 Å². The quantitative estimate of drug-likeness (QED) is 0.762. The molecule has 4 saturated carbocycles. The molecule has 28 heavy (non-hydrogen) atoms. The molecule has 2 amide bonds. The van der Waals surface area contributed by atoms with E-state index in [2.05, 4.69) is 10.6 Å². The molecule has 1 unspecified atom stereocenters. The first kappa shape index (κ1) is 19.3. The Kier molecular flexibility index (Phi) is 5.11. The number of benzene rings is 1. The van der Waals surface area contributed by atoms with E-state index in [0.717, 1.165) is 53.9 Å². The largest absolute Gasteiger partial charge is 0.494 e. The Hall–Kier alpha value is -2.04. The van der Waals surface area contributed by atoms with Crippen LogP contribution in [0.15, 0.2) is 18.2 Å². The molecule has 0 saturated heterocycles. The van der Waals surface area contributed by atoms with Crippen molar-refractivity contribution >= 4 is 11.8 Å². The molecule has 5 heteroatoms. The smallest absolute Gasteiger partial charge is 0.309 e. The van der Waals surface area contributed by atoms with Crippen LogP contribution >= 0.6 is 0 Å². The normalized spacial score (nSPS) is 31.3. The standard InChI is InChI=1S/C23H32N2O3/c1-4-28-20-6-5-14(2)7-19(20)15(3)24-21(26)22(27)25-23-11-16-8-17(12-23)10-18(9-16)13-23/h5-7,15-18H,4,8-13H2,1-3H3,(H,24,26)(H,25,27). The summed E-state index contributed by atoms with van der Waals surface area (Å²) in [4.78, 5) is 25.4. The molecule has 4 aliphatic rings. The van der Waals surface area contributed by atoms with Gasteiger partial charge in [0, 0.05) is 11.1 Å². The second-order valence-electron chi connectivity index (χ2n) is 9.32. The molecule has 4 bridgehead atoms. The van der Waals surface area contributed by atoms with Gasteiger partial charge >= 0.3 is 11.8 Å². The molecule has 0 heterocycles. The lowest BCUT2D eigenvalue weighted by atomic mass is 9.53. The van der Waals surface area contributed by atoms with Crippen molar-refractivity contribution in [2.45, 2.75) is 70.9 Å². The number of carbonyl (C=O) groups is 2. The second kappa shape index (κ2) is 7.41. The molecule has 152 valence electrons. The van der Waals surface area contributed by atoms with E-state index in [1.54, 1.807) is 0 Å². The van der Waals surface area contributed by atoms with Gasteiger partial charge in [0.05, 0.1) is 12.6 Å². The highest BCUT2D eigenvalue weighted by Gasteiger charge is 2.51. The topological polar surface area (TPSA) is 67.4 Å². The SMILES string of the molecule is CCOc1ccc(C)cc1C(C)NC(=O)C(=O)NC12CC3CC(CC(C3)C1)C2. The molecule has 4 aliphatic carbocycles. The average molecular weight is 385 g/mol. The maximum Gasteiger partial charge on any atom is 0.309 e. The van der Waals surface area contributed by atoms with Crippen molar-refractivity contribution < 1.29 is 14.3 Å². The fraction of sp³-hybridized carbons (Fsp3) is 0.652. The zero-order valence-corrected chi connectivity index (χ0v) is 17.2. The Morgan fingerprint density at radius 2 is 1.71 bits per heavy atom. The van der Waals surface area contributed by atoms with E-state index < -0.39 is 11.8 Å². The molecule has 2 N–H and O–H groups in total. The van der Waals surface area contributed by atoms with E-state index in [1.165, 1.54) is 19.3 Å². The summed E-state index contributed by atoms with van der Waals surface area (Å²) in [5.74, 6) is 1.91. The molecule has 1 aromatic rings. The third-order valence-corrected chi connectivity index (χ3v) is 6.90. The van der Waals surface area contributed by atoms with Crippen LogP contribution in [-0.2, 0) is 9.59 Å². The summed E-state index contributed by atoms with van der Waals surface area (Å²) >= 11 is 0. The van der Waals surface area contributed by atoms with Gasteiger partial charge in [-0.25, -0.2) is 0 Å². The minimum Gasteiger partial charge on any atom is -0.494 e. The van der Waals surface area contributed by atoms with E-state index >= 15 is 0 Å². The van der Waals surface area contributed by atoms with Crippen molar-refractivity contribution in [3.05, 3.63) is 29.3 Å². The fourth-order valence-electron chi connectivity index (χ4n) is 6.19. The molecule has 1 aromatic carbocycles. The van der Waals surface area contributed by atoms with E-state index in [0.29, 0.717) is 6.61 Å². The number of aryl methyl sites for hydroxylation is 1. The van der Waals surface area contributed by atoms with Gasteiger partial charge in [-0.15, -0.1) is 0 Å². The zero-order valence-electron chi connectivity index (χ0n) is 17.2. The molecule has 5 nitrogen and oxygen atoms in total. The number of hydrogen-bond acceptors (Lipinski definition) is 3. The van der Waals surface area contributed by atoms with Crippen molar-refractivity contribution in [3.8, 4) is 5.75 Å². The number of rotatable bonds is 5. The Bertz CT molecular complexity index is 738. The van der Waals surface area contributed by atoms with E-state index in [4.69, 9.17) is 4.74 Å². The summed E-state index contributed by atoms with van der Waals surface area (Å²) in [6.45, 7) is 6.40. The number of carbonyl (C=O) groups excluding carboxylic acids is 2. The molecule has 0 radical (unpaired) electrons. The van der Waals surface area contributed by atoms with Crippen molar-refractivity contribution in [3.63, 3.8) is 0 Å².